The maximum atomic E-state index is 12.5. The summed E-state index contributed by atoms with van der Waals surface area (Å²) in [6.45, 7) is 0. The second-order valence-corrected chi connectivity index (χ2v) is 10.9. The number of rotatable bonds is 6. The summed E-state index contributed by atoms with van der Waals surface area (Å²) < 4.78 is 25.4. The minimum atomic E-state index is -3.00. The summed E-state index contributed by atoms with van der Waals surface area (Å²) in [7, 11) is -1.31. The highest BCUT2D eigenvalue weighted by molar-refractivity contribution is 7.99. The van der Waals surface area contributed by atoms with Crippen molar-refractivity contribution in [3.8, 4) is 10.7 Å². The molecule has 7 nitrogen and oxygen atoms in total. The minimum absolute atomic E-state index is 0.0693. The molecule has 1 saturated carbocycles. The molecule has 26 heavy (non-hydrogen) atoms. The molecule has 4 rings (SSSR count). The number of hydrogen-bond acceptors (Lipinski definition) is 7. The van der Waals surface area contributed by atoms with Gasteiger partial charge in [0.1, 0.15) is 0 Å². The standard InChI is InChI=1S/C16H20N4O3S3/c1-19(12-6-8-26(22,23)10-12)14(21)9-25-16-18-17-15(13-3-2-7-24-13)20(16)11-4-5-11/h2-3,7,11-12H,4-6,8-10H2,1H3/t12-/m1/s1. The van der Waals surface area contributed by atoms with Crippen molar-refractivity contribution in [2.45, 2.75) is 36.5 Å². The first-order chi connectivity index (χ1) is 12.4. The van der Waals surface area contributed by atoms with Gasteiger partial charge in [-0.15, -0.1) is 21.5 Å². The van der Waals surface area contributed by atoms with E-state index in [1.807, 2.05) is 17.5 Å². The van der Waals surface area contributed by atoms with Crippen LogP contribution in [0.3, 0.4) is 0 Å². The monoisotopic (exact) mass is 412 g/mol. The lowest BCUT2D eigenvalue weighted by atomic mass is 10.2. The Balaban J connectivity index is 1.44. The average molecular weight is 413 g/mol. The van der Waals surface area contributed by atoms with Crippen LogP contribution in [0.4, 0.5) is 0 Å². The van der Waals surface area contributed by atoms with Crippen molar-refractivity contribution in [2.24, 2.45) is 0 Å². The summed E-state index contributed by atoms with van der Waals surface area (Å²) in [6, 6.07) is 4.22. The number of thiophene rings is 1. The highest BCUT2D eigenvalue weighted by Gasteiger charge is 2.34. The molecule has 1 atom stereocenters. The molecule has 0 unspecified atom stereocenters. The second-order valence-electron chi connectivity index (χ2n) is 6.73. The Bertz CT molecular complexity index is 903. The molecule has 1 aliphatic heterocycles. The molecule has 0 aromatic carbocycles. The molecule has 2 aliphatic rings. The topological polar surface area (TPSA) is 85.2 Å². The number of carbonyl (C=O) groups is 1. The second kappa shape index (κ2) is 6.97. The highest BCUT2D eigenvalue weighted by atomic mass is 32.2. The molecule has 10 heteroatoms. The molecule has 1 aliphatic carbocycles. The Labute approximate surface area is 160 Å². The van der Waals surface area contributed by atoms with E-state index < -0.39 is 9.84 Å². The van der Waals surface area contributed by atoms with E-state index in [4.69, 9.17) is 0 Å². The fourth-order valence-corrected chi connectivity index (χ4v) is 6.53. The van der Waals surface area contributed by atoms with E-state index in [0.717, 1.165) is 28.7 Å². The normalized spacial score (nSPS) is 21.8. The van der Waals surface area contributed by atoms with E-state index in [1.54, 1.807) is 23.3 Å². The van der Waals surface area contributed by atoms with Crippen molar-refractivity contribution in [3.05, 3.63) is 17.5 Å². The van der Waals surface area contributed by atoms with Crippen LogP contribution in [0.5, 0.6) is 0 Å². The molecule has 0 radical (unpaired) electrons. The minimum Gasteiger partial charge on any atom is -0.341 e. The Kier molecular flexibility index (Phi) is 4.83. The molecule has 0 spiro atoms. The van der Waals surface area contributed by atoms with E-state index in [1.165, 1.54) is 11.8 Å². The summed E-state index contributed by atoms with van der Waals surface area (Å²) in [5, 5.41) is 11.4. The maximum Gasteiger partial charge on any atom is 0.233 e. The van der Waals surface area contributed by atoms with Crippen LogP contribution in [-0.2, 0) is 14.6 Å². The first-order valence-corrected chi connectivity index (χ1v) is 12.2. The molecule has 0 bridgehead atoms. The van der Waals surface area contributed by atoms with Gasteiger partial charge in [0, 0.05) is 19.1 Å². The number of nitrogens with zero attached hydrogens (tertiary/aromatic N) is 4. The van der Waals surface area contributed by atoms with Crippen LogP contribution in [0.25, 0.3) is 10.7 Å². The molecular weight excluding hydrogens is 392 g/mol. The predicted octanol–water partition coefficient (Wildman–Crippen LogP) is 2.08. The van der Waals surface area contributed by atoms with E-state index in [-0.39, 0.29) is 29.2 Å². The number of hydrogen-bond donors (Lipinski definition) is 0. The lowest BCUT2D eigenvalue weighted by Gasteiger charge is -2.23. The first-order valence-electron chi connectivity index (χ1n) is 8.52. The van der Waals surface area contributed by atoms with E-state index in [9.17, 15) is 13.2 Å². The Morgan fingerprint density at radius 2 is 2.19 bits per heavy atom. The third kappa shape index (κ3) is 3.67. The zero-order valence-electron chi connectivity index (χ0n) is 14.4. The zero-order valence-corrected chi connectivity index (χ0v) is 16.8. The van der Waals surface area contributed by atoms with Crippen LogP contribution in [-0.4, -0.2) is 64.3 Å². The van der Waals surface area contributed by atoms with Gasteiger partial charge in [-0.3, -0.25) is 9.36 Å². The van der Waals surface area contributed by atoms with Gasteiger partial charge in [-0.05, 0) is 30.7 Å². The lowest BCUT2D eigenvalue weighted by Crippen LogP contribution is -2.38. The summed E-state index contributed by atoms with van der Waals surface area (Å²) in [6.07, 6.45) is 2.74. The van der Waals surface area contributed by atoms with Gasteiger partial charge in [-0.25, -0.2) is 8.42 Å². The molecule has 2 fully saturated rings. The first kappa shape index (κ1) is 18.0. The molecule has 3 heterocycles. The van der Waals surface area contributed by atoms with Gasteiger partial charge in [0.05, 0.1) is 22.1 Å². The van der Waals surface area contributed by atoms with Crippen LogP contribution < -0.4 is 0 Å². The summed E-state index contributed by atoms with van der Waals surface area (Å²) in [5.41, 5.74) is 0. The van der Waals surface area contributed by atoms with Gasteiger partial charge >= 0.3 is 0 Å². The quantitative estimate of drug-likeness (QED) is 0.676. The van der Waals surface area contributed by atoms with Crippen molar-refractivity contribution in [1.82, 2.24) is 19.7 Å². The van der Waals surface area contributed by atoms with Crippen molar-refractivity contribution >= 4 is 38.8 Å². The maximum absolute atomic E-state index is 12.5. The van der Waals surface area contributed by atoms with Crippen LogP contribution in [0, 0.1) is 0 Å². The Morgan fingerprint density at radius 1 is 1.38 bits per heavy atom. The Morgan fingerprint density at radius 3 is 2.81 bits per heavy atom. The van der Waals surface area contributed by atoms with Gasteiger partial charge in [0.25, 0.3) is 0 Å². The predicted molar refractivity (Wildman–Crippen MR) is 102 cm³/mol. The molecule has 140 valence electrons. The van der Waals surface area contributed by atoms with Gasteiger partial charge in [-0.1, -0.05) is 17.8 Å². The lowest BCUT2D eigenvalue weighted by molar-refractivity contribution is -0.128. The van der Waals surface area contributed by atoms with Crippen molar-refractivity contribution < 1.29 is 13.2 Å². The van der Waals surface area contributed by atoms with Crippen molar-refractivity contribution in [3.63, 3.8) is 0 Å². The summed E-state index contributed by atoms with van der Waals surface area (Å²) in [5.74, 6) is 1.28. The zero-order chi connectivity index (χ0) is 18.3. The fourth-order valence-electron chi connectivity index (χ4n) is 3.12. The smallest absolute Gasteiger partial charge is 0.233 e. The SMILES string of the molecule is CN(C(=O)CSc1nnc(-c2cccs2)n1C1CC1)[C@@H]1CCS(=O)(=O)C1. The molecule has 0 N–H and O–H groups in total. The molecule has 1 saturated heterocycles. The number of amides is 1. The fraction of sp³-hybridized carbons (Fsp3) is 0.562. The molecule has 2 aromatic heterocycles. The van der Waals surface area contributed by atoms with E-state index in [2.05, 4.69) is 14.8 Å². The van der Waals surface area contributed by atoms with Crippen LogP contribution >= 0.6 is 23.1 Å². The van der Waals surface area contributed by atoms with Gasteiger partial charge in [-0.2, -0.15) is 0 Å². The summed E-state index contributed by atoms with van der Waals surface area (Å²) >= 11 is 3.01. The van der Waals surface area contributed by atoms with Gasteiger partial charge in [0.2, 0.25) is 5.91 Å². The Hall–Kier alpha value is -1.39. The number of aromatic nitrogens is 3. The van der Waals surface area contributed by atoms with Gasteiger partial charge in [0.15, 0.2) is 20.8 Å². The molecular formula is C16H20N4O3S3. The molecule has 1 amide bonds. The van der Waals surface area contributed by atoms with Crippen LogP contribution in [0.1, 0.15) is 25.3 Å². The number of thioether (sulfide) groups is 1. The highest BCUT2D eigenvalue weighted by Crippen LogP contribution is 2.41. The molecule has 2 aromatic rings. The van der Waals surface area contributed by atoms with Gasteiger partial charge < -0.3 is 4.90 Å². The average Bonchev–Trinajstić information content (AvgIpc) is 3.01. The largest absolute Gasteiger partial charge is 0.341 e. The number of sulfone groups is 1. The van der Waals surface area contributed by atoms with Crippen molar-refractivity contribution in [2.75, 3.05) is 24.3 Å². The summed E-state index contributed by atoms with van der Waals surface area (Å²) in [4.78, 5) is 15.2. The number of carbonyl (C=O) groups excluding carboxylic acids is 1. The van der Waals surface area contributed by atoms with Crippen LogP contribution in [0.2, 0.25) is 0 Å². The van der Waals surface area contributed by atoms with Crippen molar-refractivity contribution in [1.29, 1.82) is 0 Å². The van der Waals surface area contributed by atoms with Crippen LogP contribution in [0.15, 0.2) is 22.7 Å². The van der Waals surface area contributed by atoms with E-state index >= 15 is 0 Å². The third-order valence-electron chi connectivity index (χ3n) is 4.79. The van der Waals surface area contributed by atoms with E-state index in [0.29, 0.717) is 12.5 Å². The third-order valence-corrected chi connectivity index (χ3v) is 8.34.